The summed E-state index contributed by atoms with van der Waals surface area (Å²) in [5, 5.41) is 14.6. The number of carbonyl (C=O) groups excluding carboxylic acids is 2. The van der Waals surface area contributed by atoms with Crippen molar-refractivity contribution in [2.24, 2.45) is 5.41 Å². The van der Waals surface area contributed by atoms with Gasteiger partial charge in [0, 0.05) is 19.6 Å². The van der Waals surface area contributed by atoms with Gasteiger partial charge in [0.25, 0.3) is 0 Å². The lowest BCUT2D eigenvalue weighted by Crippen LogP contribution is -2.53. The van der Waals surface area contributed by atoms with Gasteiger partial charge < -0.3 is 25.2 Å². The number of carboxylic acids is 1. The summed E-state index contributed by atoms with van der Waals surface area (Å²) in [6, 6.07) is 15.0. The molecule has 3 rings (SSSR count). The van der Waals surface area contributed by atoms with Gasteiger partial charge in [0.1, 0.15) is 6.61 Å². The van der Waals surface area contributed by atoms with E-state index in [9.17, 15) is 19.5 Å². The Morgan fingerprint density at radius 2 is 1.56 bits per heavy atom. The van der Waals surface area contributed by atoms with Gasteiger partial charge in [0.15, 0.2) is 6.04 Å². The highest BCUT2D eigenvalue weighted by molar-refractivity contribution is 5.88. The lowest BCUT2D eigenvalue weighted by Gasteiger charge is -2.31. The van der Waals surface area contributed by atoms with Crippen LogP contribution in [-0.4, -0.2) is 56.0 Å². The Labute approximate surface area is 199 Å². The van der Waals surface area contributed by atoms with Gasteiger partial charge in [-0.15, -0.1) is 0 Å². The number of methoxy groups -OCH3 is 1. The molecular formula is C26H32N2O6. The molecule has 0 fully saturated rings. The lowest BCUT2D eigenvalue weighted by atomic mass is 9.81. The largest absolute Gasteiger partial charge is 0.480 e. The summed E-state index contributed by atoms with van der Waals surface area (Å²) in [5.41, 5.74) is 3.55. The summed E-state index contributed by atoms with van der Waals surface area (Å²) >= 11 is 0. The topological polar surface area (TPSA) is 114 Å². The Morgan fingerprint density at radius 1 is 1.00 bits per heavy atom. The molecular weight excluding hydrogens is 436 g/mol. The third kappa shape index (κ3) is 5.22. The van der Waals surface area contributed by atoms with Crippen molar-refractivity contribution in [3.05, 3.63) is 59.7 Å². The maximum Gasteiger partial charge on any atom is 0.407 e. The number of benzene rings is 2. The summed E-state index contributed by atoms with van der Waals surface area (Å²) < 4.78 is 10.5. The molecule has 0 aromatic heterocycles. The first-order chi connectivity index (χ1) is 16.4. The Bertz CT molecular complexity index is 988. The van der Waals surface area contributed by atoms with E-state index in [1.54, 1.807) is 0 Å². The monoisotopic (exact) mass is 468 g/mol. The molecule has 0 saturated heterocycles. The van der Waals surface area contributed by atoms with Crippen LogP contribution in [0.1, 0.15) is 43.7 Å². The highest BCUT2D eigenvalue weighted by atomic mass is 16.5. The quantitative estimate of drug-likeness (QED) is 0.465. The van der Waals surface area contributed by atoms with Gasteiger partial charge in [-0.2, -0.15) is 0 Å². The number of hydrogen-bond acceptors (Lipinski definition) is 5. The van der Waals surface area contributed by atoms with E-state index in [0.717, 1.165) is 22.3 Å². The number of carboxylic acid groups (broad SMARTS) is 1. The van der Waals surface area contributed by atoms with E-state index >= 15 is 0 Å². The molecule has 0 unspecified atom stereocenters. The SMILES string of the molecule is CCC(CC)(CNC(=O)OCC1c2ccccc2-c2ccccc21)C(=O)N[C@@H](COC)C(=O)O. The predicted molar refractivity (Wildman–Crippen MR) is 128 cm³/mol. The maximum atomic E-state index is 12.9. The van der Waals surface area contributed by atoms with Crippen LogP contribution in [0.25, 0.3) is 11.1 Å². The standard InChI is InChI=1S/C26H32N2O6/c1-4-26(5-2,24(31)28-22(15-33-3)23(29)30)16-27-25(32)34-14-21-19-12-8-6-10-17(19)18-11-7-9-13-20(18)21/h6-13,21-22H,4-5,14-16H2,1-3H3,(H,27,32)(H,28,31)(H,29,30)/t22-/m0/s1. The van der Waals surface area contributed by atoms with Gasteiger partial charge in [0.2, 0.25) is 5.91 Å². The fraction of sp³-hybridized carbons (Fsp3) is 0.423. The number of fused-ring (bicyclic) bond motifs is 3. The molecule has 3 N–H and O–H groups in total. The van der Waals surface area contributed by atoms with E-state index in [4.69, 9.17) is 9.47 Å². The average molecular weight is 469 g/mol. The van der Waals surface area contributed by atoms with Gasteiger partial charge in [-0.05, 0) is 35.1 Å². The van der Waals surface area contributed by atoms with Crippen LogP contribution in [0.4, 0.5) is 4.79 Å². The Kier molecular flexibility index (Phi) is 8.28. The Balaban J connectivity index is 1.63. The van der Waals surface area contributed by atoms with E-state index < -0.39 is 29.4 Å². The first kappa shape index (κ1) is 25.2. The fourth-order valence-corrected chi connectivity index (χ4v) is 4.44. The van der Waals surface area contributed by atoms with E-state index in [1.165, 1.54) is 7.11 Å². The van der Waals surface area contributed by atoms with Crippen LogP contribution in [0, 0.1) is 5.41 Å². The first-order valence-corrected chi connectivity index (χ1v) is 11.5. The van der Waals surface area contributed by atoms with Crippen molar-refractivity contribution < 1.29 is 29.0 Å². The highest BCUT2D eigenvalue weighted by Gasteiger charge is 2.38. The smallest absolute Gasteiger partial charge is 0.407 e. The van der Waals surface area contributed by atoms with E-state index in [0.29, 0.717) is 12.8 Å². The summed E-state index contributed by atoms with van der Waals surface area (Å²) in [5.74, 6) is -1.68. The molecule has 0 aliphatic heterocycles. The summed E-state index contributed by atoms with van der Waals surface area (Å²) in [6.45, 7) is 3.71. The molecule has 8 heteroatoms. The number of amides is 2. The van der Waals surface area contributed by atoms with Crippen LogP contribution < -0.4 is 10.6 Å². The van der Waals surface area contributed by atoms with Crippen molar-refractivity contribution in [2.45, 2.75) is 38.6 Å². The molecule has 2 amide bonds. The molecule has 1 aliphatic carbocycles. The van der Waals surface area contributed by atoms with Gasteiger partial charge >= 0.3 is 12.1 Å². The minimum Gasteiger partial charge on any atom is -0.480 e. The molecule has 34 heavy (non-hydrogen) atoms. The van der Waals surface area contributed by atoms with Crippen LogP contribution >= 0.6 is 0 Å². The molecule has 0 spiro atoms. The molecule has 8 nitrogen and oxygen atoms in total. The van der Waals surface area contributed by atoms with Crippen molar-refractivity contribution in [1.29, 1.82) is 0 Å². The second-order valence-electron chi connectivity index (χ2n) is 8.49. The Hall–Kier alpha value is -3.39. The third-order valence-corrected chi connectivity index (χ3v) is 6.69. The average Bonchev–Trinajstić information content (AvgIpc) is 3.17. The number of rotatable bonds is 11. The molecule has 2 aromatic rings. The number of hydrogen-bond donors (Lipinski definition) is 3. The molecule has 0 heterocycles. The van der Waals surface area contributed by atoms with Crippen molar-refractivity contribution in [1.82, 2.24) is 10.6 Å². The fourth-order valence-electron chi connectivity index (χ4n) is 4.44. The van der Waals surface area contributed by atoms with Crippen LogP contribution in [0.3, 0.4) is 0 Å². The minimum atomic E-state index is -1.18. The number of alkyl carbamates (subject to hydrolysis) is 1. The zero-order valence-electron chi connectivity index (χ0n) is 19.8. The summed E-state index contributed by atoms with van der Waals surface area (Å²) in [4.78, 5) is 36.9. The van der Waals surface area contributed by atoms with Crippen LogP contribution in [0.5, 0.6) is 0 Å². The lowest BCUT2D eigenvalue weighted by molar-refractivity contribution is -0.145. The maximum absolute atomic E-state index is 12.9. The molecule has 1 aliphatic rings. The second-order valence-corrected chi connectivity index (χ2v) is 8.49. The number of nitrogens with one attached hydrogen (secondary N) is 2. The van der Waals surface area contributed by atoms with E-state index in [-0.39, 0.29) is 25.7 Å². The molecule has 0 bridgehead atoms. The molecule has 1 atom stereocenters. The van der Waals surface area contributed by atoms with Crippen LogP contribution in [-0.2, 0) is 19.1 Å². The minimum absolute atomic E-state index is 0.0296. The Morgan fingerprint density at radius 3 is 2.06 bits per heavy atom. The van der Waals surface area contributed by atoms with Crippen LogP contribution in [0.15, 0.2) is 48.5 Å². The molecule has 182 valence electrons. The second kappa shape index (κ2) is 11.2. The van der Waals surface area contributed by atoms with Gasteiger partial charge in [0.05, 0.1) is 12.0 Å². The van der Waals surface area contributed by atoms with E-state index in [1.807, 2.05) is 50.2 Å². The zero-order valence-corrected chi connectivity index (χ0v) is 19.8. The van der Waals surface area contributed by atoms with E-state index in [2.05, 4.69) is 22.8 Å². The summed E-state index contributed by atoms with van der Waals surface area (Å²) in [7, 11) is 1.37. The number of aliphatic carboxylic acids is 1. The number of ether oxygens (including phenoxy) is 2. The summed E-state index contributed by atoms with van der Waals surface area (Å²) in [6.07, 6.45) is 0.212. The van der Waals surface area contributed by atoms with Crippen molar-refractivity contribution in [3.63, 3.8) is 0 Å². The van der Waals surface area contributed by atoms with Gasteiger partial charge in [-0.1, -0.05) is 62.4 Å². The van der Waals surface area contributed by atoms with Crippen molar-refractivity contribution >= 4 is 18.0 Å². The zero-order chi connectivity index (χ0) is 24.7. The first-order valence-electron chi connectivity index (χ1n) is 11.5. The van der Waals surface area contributed by atoms with Gasteiger partial charge in [-0.3, -0.25) is 4.79 Å². The number of carbonyl (C=O) groups is 3. The normalized spacial score (nSPS) is 13.5. The van der Waals surface area contributed by atoms with Gasteiger partial charge in [-0.25, -0.2) is 9.59 Å². The highest BCUT2D eigenvalue weighted by Crippen LogP contribution is 2.44. The predicted octanol–water partition coefficient (Wildman–Crippen LogP) is 3.55. The third-order valence-electron chi connectivity index (χ3n) is 6.69. The van der Waals surface area contributed by atoms with Crippen molar-refractivity contribution in [2.75, 3.05) is 26.9 Å². The molecule has 0 radical (unpaired) electrons. The molecule has 2 aromatic carbocycles. The van der Waals surface area contributed by atoms with Crippen molar-refractivity contribution in [3.8, 4) is 11.1 Å². The molecule has 0 saturated carbocycles. The van der Waals surface area contributed by atoms with Crippen LogP contribution in [0.2, 0.25) is 0 Å².